The third-order valence-electron chi connectivity index (χ3n) is 2.73. The van der Waals surface area contributed by atoms with Crippen molar-refractivity contribution in [1.29, 1.82) is 0 Å². The molecule has 1 unspecified atom stereocenters. The van der Waals surface area contributed by atoms with Crippen molar-refractivity contribution in [3.8, 4) is 0 Å². The van der Waals surface area contributed by atoms with E-state index in [1.807, 2.05) is 20.8 Å². The zero-order chi connectivity index (χ0) is 15.6. The lowest BCUT2D eigenvalue weighted by Crippen LogP contribution is -2.26. The molecular formula is C15H26ClN3O. The molecule has 4 nitrogen and oxygen atoms in total. The molecule has 114 valence electrons. The van der Waals surface area contributed by atoms with Crippen LogP contribution in [0.5, 0.6) is 0 Å². The molecule has 1 atom stereocenters. The molecular weight excluding hydrogens is 274 g/mol. The molecule has 0 aromatic carbocycles. The summed E-state index contributed by atoms with van der Waals surface area (Å²) < 4.78 is 0. The van der Waals surface area contributed by atoms with E-state index in [1.165, 1.54) is 0 Å². The molecule has 0 aliphatic heterocycles. The van der Waals surface area contributed by atoms with Gasteiger partial charge in [0.1, 0.15) is 16.8 Å². The van der Waals surface area contributed by atoms with Crippen LogP contribution in [0.3, 0.4) is 0 Å². The number of aliphatic hydroxyl groups is 1. The zero-order valence-electron chi connectivity index (χ0n) is 13.3. The molecule has 0 aliphatic rings. The van der Waals surface area contributed by atoms with Crippen LogP contribution in [-0.4, -0.2) is 27.7 Å². The Kier molecular flexibility index (Phi) is 5.39. The first-order valence-corrected chi connectivity index (χ1v) is 7.32. The van der Waals surface area contributed by atoms with Gasteiger partial charge in [0.05, 0.1) is 6.10 Å². The van der Waals surface area contributed by atoms with Crippen LogP contribution < -0.4 is 5.32 Å². The topological polar surface area (TPSA) is 58.0 Å². The molecule has 1 heterocycles. The molecule has 1 aromatic heterocycles. The zero-order valence-corrected chi connectivity index (χ0v) is 14.0. The summed E-state index contributed by atoms with van der Waals surface area (Å²) in [5, 5.41) is 13.6. The molecule has 0 amide bonds. The number of hydrogen-bond donors (Lipinski definition) is 2. The highest BCUT2D eigenvalue weighted by Gasteiger charge is 2.20. The first-order chi connectivity index (χ1) is 8.97. The Balaban J connectivity index is 2.71. The minimum Gasteiger partial charge on any atom is -0.391 e. The summed E-state index contributed by atoms with van der Waals surface area (Å²) in [6.45, 7) is 12.9. The molecule has 0 spiro atoms. The Morgan fingerprint density at radius 1 is 1.20 bits per heavy atom. The standard InChI is InChI=1S/C15H26ClN3O/c1-14(2,3)8-10(20)9-17-12-7-11(16)18-13(19-12)15(4,5)6/h7,10,20H,8-9H2,1-6H3,(H,17,18,19). The third-order valence-corrected chi connectivity index (χ3v) is 2.93. The lowest BCUT2D eigenvalue weighted by Gasteiger charge is -2.23. The fourth-order valence-corrected chi connectivity index (χ4v) is 2.03. The van der Waals surface area contributed by atoms with E-state index in [-0.39, 0.29) is 10.8 Å². The number of anilines is 1. The number of nitrogens with zero attached hydrogens (tertiary/aromatic N) is 2. The van der Waals surface area contributed by atoms with E-state index < -0.39 is 6.10 Å². The summed E-state index contributed by atoms with van der Waals surface area (Å²) >= 11 is 6.02. The summed E-state index contributed by atoms with van der Waals surface area (Å²) in [7, 11) is 0. The van der Waals surface area contributed by atoms with Gasteiger partial charge in [-0.1, -0.05) is 53.1 Å². The van der Waals surface area contributed by atoms with Crippen molar-refractivity contribution in [3.63, 3.8) is 0 Å². The molecule has 1 rings (SSSR count). The number of aromatic nitrogens is 2. The van der Waals surface area contributed by atoms with E-state index in [4.69, 9.17) is 11.6 Å². The normalized spacial score (nSPS) is 14.2. The fourth-order valence-electron chi connectivity index (χ4n) is 1.85. The van der Waals surface area contributed by atoms with Gasteiger partial charge in [0, 0.05) is 18.0 Å². The van der Waals surface area contributed by atoms with Crippen molar-refractivity contribution in [2.75, 3.05) is 11.9 Å². The van der Waals surface area contributed by atoms with Gasteiger partial charge >= 0.3 is 0 Å². The van der Waals surface area contributed by atoms with Crippen molar-refractivity contribution < 1.29 is 5.11 Å². The van der Waals surface area contributed by atoms with Crippen LogP contribution in [0.4, 0.5) is 5.82 Å². The van der Waals surface area contributed by atoms with E-state index in [0.29, 0.717) is 23.3 Å². The molecule has 2 N–H and O–H groups in total. The summed E-state index contributed by atoms with van der Waals surface area (Å²) in [4.78, 5) is 8.70. The van der Waals surface area contributed by atoms with Crippen LogP contribution in [0.2, 0.25) is 5.15 Å². The minimum atomic E-state index is -0.415. The quantitative estimate of drug-likeness (QED) is 0.834. The molecule has 0 saturated carbocycles. The Hall–Kier alpha value is -0.870. The van der Waals surface area contributed by atoms with E-state index in [0.717, 1.165) is 6.42 Å². The van der Waals surface area contributed by atoms with Crippen LogP contribution >= 0.6 is 11.6 Å². The maximum atomic E-state index is 10.0. The predicted molar refractivity (Wildman–Crippen MR) is 84.3 cm³/mol. The van der Waals surface area contributed by atoms with Crippen LogP contribution in [0.1, 0.15) is 53.8 Å². The summed E-state index contributed by atoms with van der Waals surface area (Å²) in [5.41, 5.74) is -0.0632. The minimum absolute atomic E-state index is 0.0982. The van der Waals surface area contributed by atoms with Gasteiger partial charge < -0.3 is 10.4 Å². The summed E-state index contributed by atoms with van der Waals surface area (Å²) in [6.07, 6.45) is 0.312. The highest BCUT2D eigenvalue weighted by molar-refractivity contribution is 6.29. The van der Waals surface area contributed by atoms with Crippen molar-refractivity contribution >= 4 is 17.4 Å². The lowest BCUT2D eigenvalue weighted by atomic mass is 9.89. The van der Waals surface area contributed by atoms with Gasteiger partial charge in [-0.05, 0) is 11.8 Å². The first kappa shape index (κ1) is 17.2. The molecule has 0 fully saturated rings. The highest BCUT2D eigenvalue weighted by atomic mass is 35.5. The average Bonchev–Trinajstić information content (AvgIpc) is 2.22. The lowest BCUT2D eigenvalue weighted by molar-refractivity contribution is 0.132. The van der Waals surface area contributed by atoms with Crippen LogP contribution in [-0.2, 0) is 5.41 Å². The second-order valence-electron chi connectivity index (χ2n) is 7.45. The van der Waals surface area contributed by atoms with Gasteiger partial charge in [-0.25, -0.2) is 9.97 Å². The van der Waals surface area contributed by atoms with Crippen LogP contribution in [0.25, 0.3) is 0 Å². The van der Waals surface area contributed by atoms with Crippen molar-refractivity contribution in [2.45, 2.75) is 59.5 Å². The summed E-state index contributed by atoms with van der Waals surface area (Å²) in [5.74, 6) is 1.35. The van der Waals surface area contributed by atoms with E-state index in [1.54, 1.807) is 6.07 Å². The van der Waals surface area contributed by atoms with Crippen molar-refractivity contribution in [3.05, 3.63) is 17.0 Å². The van der Waals surface area contributed by atoms with Crippen molar-refractivity contribution in [2.24, 2.45) is 5.41 Å². The Bertz CT molecular complexity index is 449. The van der Waals surface area contributed by atoms with Crippen molar-refractivity contribution in [1.82, 2.24) is 9.97 Å². The number of aliphatic hydroxyl groups excluding tert-OH is 1. The van der Waals surface area contributed by atoms with Crippen LogP contribution in [0.15, 0.2) is 6.07 Å². The smallest absolute Gasteiger partial charge is 0.137 e. The highest BCUT2D eigenvalue weighted by Crippen LogP contribution is 2.23. The molecule has 0 aliphatic carbocycles. The van der Waals surface area contributed by atoms with Gasteiger partial charge in [0.25, 0.3) is 0 Å². The molecule has 0 bridgehead atoms. The Morgan fingerprint density at radius 3 is 2.30 bits per heavy atom. The number of rotatable bonds is 4. The van der Waals surface area contributed by atoms with E-state index >= 15 is 0 Å². The largest absolute Gasteiger partial charge is 0.391 e. The van der Waals surface area contributed by atoms with Gasteiger partial charge in [-0.3, -0.25) is 0 Å². The van der Waals surface area contributed by atoms with Gasteiger partial charge in [-0.15, -0.1) is 0 Å². The molecule has 0 radical (unpaired) electrons. The number of hydrogen-bond acceptors (Lipinski definition) is 4. The van der Waals surface area contributed by atoms with Gasteiger partial charge in [-0.2, -0.15) is 0 Å². The fraction of sp³-hybridized carbons (Fsp3) is 0.733. The second-order valence-corrected chi connectivity index (χ2v) is 7.84. The average molecular weight is 300 g/mol. The monoisotopic (exact) mass is 299 g/mol. The number of halogens is 1. The van der Waals surface area contributed by atoms with Crippen LogP contribution in [0, 0.1) is 5.41 Å². The maximum absolute atomic E-state index is 10.0. The predicted octanol–water partition coefficient (Wildman–Crippen LogP) is 3.64. The summed E-state index contributed by atoms with van der Waals surface area (Å²) in [6, 6.07) is 1.68. The third kappa shape index (κ3) is 6.06. The second kappa shape index (κ2) is 6.27. The van der Waals surface area contributed by atoms with Gasteiger partial charge in [0.2, 0.25) is 0 Å². The molecule has 20 heavy (non-hydrogen) atoms. The molecule has 5 heteroatoms. The van der Waals surface area contributed by atoms with E-state index in [2.05, 4.69) is 36.1 Å². The Labute approximate surface area is 127 Å². The SMILES string of the molecule is CC(C)(C)CC(O)CNc1cc(Cl)nc(C(C)(C)C)n1. The van der Waals surface area contributed by atoms with E-state index in [9.17, 15) is 5.11 Å². The molecule has 0 saturated heterocycles. The molecule has 1 aromatic rings. The first-order valence-electron chi connectivity index (χ1n) is 6.94. The van der Waals surface area contributed by atoms with Gasteiger partial charge in [0.15, 0.2) is 0 Å². The Morgan fingerprint density at radius 2 is 1.80 bits per heavy atom. The maximum Gasteiger partial charge on any atom is 0.137 e. The number of nitrogens with one attached hydrogen (secondary N) is 1.